The quantitative estimate of drug-likeness (QED) is 0.689. The maximum atomic E-state index is 11.6. The van der Waals surface area contributed by atoms with Gasteiger partial charge in [0.05, 0.1) is 0 Å². The van der Waals surface area contributed by atoms with Crippen molar-refractivity contribution in [2.75, 3.05) is 0 Å². The van der Waals surface area contributed by atoms with Crippen LogP contribution in [0.4, 0.5) is 0 Å². The Hall–Kier alpha value is -1.57. The lowest BCUT2D eigenvalue weighted by Gasteiger charge is -2.25. The summed E-state index contributed by atoms with van der Waals surface area (Å²) >= 11 is 0. The fourth-order valence-corrected chi connectivity index (χ4v) is 1.41. The van der Waals surface area contributed by atoms with Gasteiger partial charge < -0.3 is 4.90 Å². The van der Waals surface area contributed by atoms with E-state index in [0.29, 0.717) is 6.54 Å². The zero-order valence-electron chi connectivity index (χ0n) is 9.31. The number of hydrogen-bond donors (Lipinski definition) is 0. The van der Waals surface area contributed by atoms with E-state index in [0.717, 1.165) is 5.56 Å². The fraction of sp³-hybridized carbons (Fsp3) is 0.308. The van der Waals surface area contributed by atoms with Crippen molar-refractivity contribution in [2.24, 2.45) is 0 Å². The molecule has 0 radical (unpaired) electrons. The molecule has 0 atom stereocenters. The van der Waals surface area contributed by atoms with Crippen molar-refractivity contribution in [1.82, 2.24) is 4.90 Å². The van der Waals surface area contributed by atoms with Crippen LogP contribution in [-0.2, 0) is 11.3 Å². The Kier molecular flexibility index (Phi) is 4.10. The van der Waals surface area contributed by atoms with Gasteiger partial charge in [-0.15, -0.1) is 0 Å². The molecule has 0 aromatic heterocycles. The highest BCUT2D eigenvalue weighted by Gasteiger charge is 2.13. The molecule has 0 aliphatic carbocycles. The van der Waals surface area contributed by atoms with Crippen molar-refractivity contribution in [3.8, 4) is 0 Å². The first kappa shape index (κ1) is 11.5. The first-order valence-electron chi connectivity index (χ1n) is 5.12. The van der Waals surface area contributed by atoms with Crippen molar-refractivity contribution in [3.63, 3.8) is 0 Å². The highest BCUT2D eigenvalue weighted by atomic mass is 16.2. The molecule has 1 aromatic rings. The van der Waals surface area contributed by atoms with Gasteiger partial charge in [-0.2, -0.15) is 0 Å². The number of rotatable bonds is 4. The lowest BCUT2D eigenvalue weighted by Crippen LogP contribution is -2.34. The molecular weight excluding hydrogens is 186 g/mol. The average molecular weight is 203 g/mol. The van der Waals surface area contributed by atoms with Crippen LogP contribution in [0.25, 0.3) is 0 Å². The third-order valence-electron chi connectivity index (χ3n) is 2.28. The van der Waals surface area contributed by atoms with Gasteiger partial charge in [-0.25, -0.2) is 0 Å². The molecule has 0 saturated heterocycles. The number of amides is 1. The van der Waals surface area contributed by atoms with Crippen LogP contribution in [0.5, 0.6) is 0 Å². The van der Waals surface area contributed by atoms with E-state index in [2.05, 4.69) is 6.58 Å². The number of hydrogen-bond acceptors (Lipinski definition) is 1. The molecule has 0 bridgehead atoms. The Morgan fingerprint density at radius 1 is 1.40 bits per heavy atom. The summed E-state index contributed by atoms with van der Waals surface area (Å²) in [5.74, 6) is -0.0196. The SMILES string of the molecule is C=CC(=O)N(Cc1ccccc1)C(C)C. The van der Waals surface area contributed by atoms with Crippen LogP contribution in [0, 0.1) is 0 Å². The molecule has 80 valence electrons. The maximum absolute atomic E-state index is 11.6. The van der Waals surface area contributed by atoms with E-state index >= 15 is 0 Å². The molecule has 1 amide bonds. The second kappa shape index (κ2) is 5.35. The molecule has 0 spiro atoms. The summed E-state index contributed by atoms with van der Waals surface area (Å²) in [6.07, 6.45) is 1.36. The van der Waals surface area contributed by atoms with Crippen molar-refractivity contribution in [1.29, 1.82) is 0 Å². The first-order chi connectivity index (χ1) is 7.15. The molecule has 0 aliphatic heterocycles. The minimum Gasteiger partial charge on any atom is -0.332 e. The fourth-order valence-electron chi connectivity index (χ4n) is 1.41. The summed E-state index contributed by atoms with van der Waals surface area (Å²) in [4.78, 5) is 13.4. The molecule has 0 heterocycles. The Balaban J connectivity index is 2.76. The van der Waals surface area contributed by atoms with Crippen LogP contribution in [0.3, 0.4) is 0 Å². The number of carbonyl (C=O) groups is 1. The van der Waals surface area contributed by atoms with Gasteiger partial charge in [0, 0.05) is 12.6 Å². The summed E-state index contributed by atoms with van der Waals surface area (Å²) in [6.45, 7) is 8.17. The minimum absolute atomic E-state index is 0.0196. The number of benzene rings is 1. The van der Waals surface area contributed by atoms with Crippen LogP contribution in [0.2, 0.25) is 0 Å². The predicted molar refractivity (Wildman–Crippen MR) is 62.3 cm³/mol. The predicted octanol–water partition coefficient (Wildman–Crippen LogP) is 2.61. The Morgan fingerprint density at radius 2 is 2.00 bits per heavy atom. The van der Waals surface area contributed by atoms with E-state index in [1.165, 1.54) is 6.08 Å². The van der Waals surface area contributed by atoms with Gasteiger partial charge >= 0.3 is 0 Å². The highest BCUT2D eigenvalue weighted by molar-refractivity contribution is 5.87. The Bertz CT molecular complexity index is 330. The summed E-state index contributed by atoms with van der Waals surface area (Å²) in [5, 5.41) is 0. The molecule has 0 fully saturated rings. The van der Waals surface area contributed by atoms with E-state index in [1.54, 1.807) is 4.90 Å². The standard InChI is InChI=1S/C13H17NO/c1-4-13(15)14(11(2)3)10-12-8-6-5-7-9-12/h4-9,11H,1,10H2,2-3H3. The van der Waals surface area contributed by atoms with Crippen LogP contribution < -0.4 is 0 Å². The third-order valence-corrected chi connectivity index (χ3v) is 2.28. The van der Waals surface area contributed by atoms with E-state index in [-0.39, 0.29) is 11.9 Å². The number of nitrogens with zero attached hydrogens (tertiary/aromatic N) is 1. The van der Waals surface area contributed by atoms with Crippen molar-refractivity contribution < 1.29 is 4.79 Å². The minimum atomic E-state index is -0.0196. The molecule has 2 nitrogen and oxygen atoms in total. The lowest BCUT2D eigenvalue weighted by atomic mass is 10.2. The van der Waals surface area contributed by atoms with Crippen LogP contribution in [0.1, 0.15) is 19.4 Å². The van der Waals surface area contributed by atoms with Crippen molar-refractivity contribution in [3.05, 3.63) is 48.6 Å². The van der Waals surface area contributed by atoms with E-state index < -0.39 is 0 Å². The summed E-state index contributed by atoms with van der Waals surface area (Å²) in [7, 11) is 0. The molecular formula is C13H17NO. The van der Waals surface area contributed by atoms with Gasteiger partial charge in [0.15, 0.2) is 0 Å². The van der Waals surface area contributed by atoms with Crippen LogP contribution >= 0.6 is 0 Å². The van der Waals surface area contributed by atoms with Gasteiger partial charge in [0.25, 0.3) is 0 Å². The smallest absolute Gasteiger partial charge is 0.246 e. The lowest BCUT2D eigenvalue weighted by molar-refractivity contribution is -0.128. The maximum Gasteiger partial charge on any atom is 0.246 e. The van der Waals surface area contributed by atoms with Crippen molar-refractivity contribution >= 4 is 5.91 Å². The first-order valence-corrected chi connectivity index (χ1v) is 5.12. The summed E-state index contributed by atoms with van der Waals surface area (Å²) in [6, 6.07) is 10.2. The van der Waals surface area contributed by atoms with Crippen LogP contribution in [-0.4, -0.2) is 16.8 Å². The van der Waals surface area contributed by atoms with E-state index in [1.807, 2.05) is 44.2 Å². The number of carbonyl (C=O) groups excluding carboxylic acids is 1. The summed E-state index contributed by atoms with van der Waals surface area (Å²) in [5.41, 5.74) is 1.14. The van der Waals surface area contributed by atoms with Gasteiger partial charge in [-0.3, -0.25) is 4.79 Å². The summed E-state index contributed by atoms with van der Waals surface area (Å²) < 4.78 is 0. The monoisotopic (exact) mass is 203 g/mol. The molecule has 1 aromatic carbocycles. The third kappa shape index (κ3) is 3.24. The van der Waals surface area contributed by atoms with Crippen molar-refractivity contribution in [2.45, 2.75) is 26.4 Å². The zero-order valence-corrected chi connectivity index (χ0v) is 9.31. The Labute approximate surface area is 91.2 Å². The molecule has 2 heteroatoms. The zero-order chi connectivity index (χ0) is 11.3. The largest absolute Gasteiger partial charge is 0.332 e. The second-order valence-electron chi connectivity index (χ2n) is 3.75. The van der Waals surface area contributed by atoms with Gasteiger partial charge in [-0.05, 0) is 25.5 Å². The normalized spacial score (nSPS) is 10.1. The molecule has 1 rings (SSSR count). The topological polar surface area (TPSA) is 20.3 Å². The van der Waals surface area contributed by atoms with E-state index in [4.69, 9.17) is 0 Å². The van der Waals surface area contributed by atoms with Gasteiger partial charge in [0.1, 0.15) is 0 Å². The molecule has 15 heavy (non-hydrogen) atoms. The second-order valence-corrected chi connectivity index (χ2v) is 3.75. The molecule has 0 unspecified atom stereocenters. The van der Waals surface area contributed by atoms with Crippen LogP contribution in [0.15, 0.2) is 43.0 Å². The van der Waals surface area contributed by atoms with E-state index in [9.17, 15) is 4.79 Å². The Morgan fingerprint density at radius 3 is 2.47 bits per heavy atom. The van der Waals surface area contributed by atoms with Gasteiger partial charge in [0.2, 0.25) is 5.91 Å². The highest BCUT2D eigenvalue weighted by Crippen LogP contribution is 2.08. The average Bonchev–Trinajstić information content (AvgIpc) is 2.26. The molecule has 0 aliphatic rings. The molecule has 0 saturated carbocycles. The van der Waals surface area contributed by atoms with Gasteiger partial charge in [-0.1, -0.05) is 36.9 Å². The molecule has 0 N–H and O–H groups in total.